The number of carbonyl (C=O) groups excluding carboxylic acids is 1. The summed E-state index contributed by atoms with van der Waals surface area (Å²) in [5.74, 6) is 0.148. The number of hydrogen-bond donors (Lipinski definition) is 1. The average molecular weight is 264 g/mol. The van der Waals surface area contributed by atoms with E-state index in [0.717, 1.165) is 5.39 Å². The number of fused-ring (bicyclic) bond motifs is 1. The molecule has 1 N–H and O–H groups in total. The first-order chi connectivity index (χ1) is 8.65. The van der Waals surface area contributed by atoms with E-state index >= 15 is 0 Å². The SMILES string of the molecule is O=C1CC(O)CN1c1ncc2c(Cl)cccc2n1. The summed E-state index contributed by atoms with van der Waals surface area (Å²) >= 11 is 6.02. The van der Waals surface area contributed by atoms with Crippen LogP contribution in [-0.2, 0) is 4.79 Å². The van der Waals surface area contributed by atoms with Crippen LogP contribution in [0.5, 0.6) is 0 Å². The van der Waals surface area contributed by atoms with E-state index in [1.165, 1.54) is 4.90 Å². The maximum atomic E-state index is 11.6. The minimum absolute atomic E-state index is 0.122. The molecule has 2 aromatic rings. The molecule has 0 saturated carbocycles. The molecule has 3 rings (SSSR count). The minimum atomic E-state index is -0.642. The summed E-state index contributed by atoms with van der Waals surface area (Å²) in [7, 11) is 0. The van der Waals surface area contributed by atoms with Crippen LogP contribution in [0.1, 0.15) is 6.42 Å². The summed E-state index contributed by atoms with van der Waals surface area (Å²) in [6, 6.07) is 5.36. The Labute approximate surface area is 108 Å². The molecule has 1 aliphatic rings. The number of anilines is 1. The molecule has 1 aromatic carbocycles. The molecule has 0 aliphatic carbocycles. The quantitative estimate of drug-likeness (QED) is 0.844. The predicted molar refractivity (Wildman–Crippen MR) is 67.5 cm³/mol. The highest BCUT2D eigenvalue weighted by molar-refractivity contribution is 6.35. The number of rotatable bonds is 1. The molecule has 1 atom stereocenters. The lowest BCUT2D eigenvalue weighted by molar-refractivity contribution is -0.117. The summed E-state index contributed by atoms with van der Waals surface area (Å²) < 4.78 is 0. The average Bonchev–Trinajstić information content (AvgIpc) is 2.68. The van der Waals surface area contributed by atoms with Crippen LogP contribution in [0, 0.1) is 0 Å². The van der Waals surface area contributed by atoms with Crippen LogP contribution in [-0.4, -0.2) is 33.6 Å². The summed E-state index contributed by atoms with van der Waals surface area (Å²) in [6.07, 6.45) is 1.07. The number of halogens is 1. The van der Waals surface area contributed by atoms with E-state index in [0.29, 0.717) is 16.5 Å². The molecule has 2 heterocycles. The molecule has 0 spiro atoms. The van der Waals surface area contributed by atoms with Crippen molar-refractivity contribution in [3.05, 3.63) is 29.4 Å². The number of hydrogen-bond acceptors (Lipinski definition) is 4. The van der Waals surface area contributed by atoms with Gasteiger partial charge in [-0.25, -0.2) is 9.97 Å². The zero-order valence-corrected chi connectivity index (χ0v) is 10.1. The molecular weight excluding hydrogens is 254 g/mol. The number of benzene rings is 1. The van der Waals surface area contributed by atoms with E-state index in [4.69, 9.17) is 11.6 Å². The Balaban J connectivity index is 2.06. The Kier molecular flexibility index (Phi) is 2.65. The van der Waals surface area contributed by atoms with Gasteiger partial charge in [-0.15, -0.1) is 0 Å². The van der Waals surface area contributed by atoms with Gasteiger partial charge in [0.1, 0.15) is 0 Å². The second-order valence-electron chi connectivity index (χ2n) is 4.20. The standard InChI is InChI=1S/C12H10ClN3O2/c13-9-2-1-3-10-8(9)5-14-12(15-10)16-6-7(17)4-11(16)18/h1-3,5,7,17H,4,6H2. The summed E-state index contributed by atoms with van der Waals surface area (Å²) in [5.41, 5.74) is 0.682. The lowest BCUT2D eigenvalue weighted by atomic mass is 10.2. The van der Waals surface area contributed by atoms with Crippen molar-refractivity contribution in [3.63, 3.8) is 0 Å². The van der Waals surface area contributed by atoms with Gasteiger partial charge >= 0.3 is 0 Å². The van der Waals surface area contributed by atoms with Crippen molar-refractivity contribution < 1.29 is 9.90 Å². The second-order valence-corrected chi connectivity index (χ2v) is 4.61. The number of β-amino-alcohol motifs (C(OH)–C–C–N with tert-alkyl or cyclic N) is 1. The van der Waals surface area contributed by atoms with Crippen molar-refractivity contribution in [1.29, 1.82) is 0 Å². The zero-order valence-electron chi connectivity index (χ0n) is 9.38. The van der Waals surface area contributed by atoms with Gasteiger partial charge in [0.25, 0.3) is 0 Å². The first-order valence-corrected chi connectivity index (χ1v) is 5.92. The molecule has 1 fully saturated rings. The fraction of sp³-hybridized carbons (Fsp3) is 0.250. The molecule has 1 aromatic heterocycles. The Morgan fingerprint density at radius 3 is 3.00 bits per heavy atom. The Morgan fingerprint density at radius 1 is 1.44 bits per heavy atom. The molecule has 92 valence electrons. The molecule has 1 amide bonds. The van der Waals surface area contributed by atoms with Gasteiger partial charge in [0.2, 0.25) is 11.9 Å². The van der Waals surface area contributed by atoms with Gasteiger partial charge in [-0.2, -0.15) is 0 Å². The number of aliphatic hydroxyl groups excluding tert-OH is 1. The van der Waals surface area contributed by atoms with Gasteiger partial charge in [0.15, 0.2) is 0 Å². The summed E-state index contributed by atoms with van der Waals surface area (Å²) in [4.78, 5) is 21.5. The number of aromatic nitrogens is 2. The molecular formula is C12H10ClN3O2. The highest BCUT2D eigenvalue weighted by atomic mass is 35.5. The normalized spacial score (nSPS) is 19.8. The van der Waals surface area contributed by atoms with Crippen molar-refractivity contribution in [2.45, 2.75) is 12.5 Å². The number of carbonyl (C=O) groups is 1. The summed E-state index contributed by atoms with van der Waals surface area (Å²) in [5, 5.41) is 10.8. The van der Waals surface area contributed by atoms with Crippen LogP contribution in [0.2, 0.25) is 5.02 Å². The Hall–Kier alpha value is -1.72. The van der Waals surface area contributed by atoms with Gasteiger partial charge < -0.3 is 5.11 Å². The highest BCUT2D eigenvalue weighted by Gasteiger charge is 2.30. The monoisotopic (exact) mass is 263 g/mol. The molecule has 18 heavy (non-hydrogen) atoms. The van der Waals surface area contributed by atoms with E-state index in [1.54, 1.807) is 18.3 Å². The van der Waals surface area contributed by atoms with Gasteiger partial charge in [-0.1, -0.05) is 17.7 Å². The topological polar surface area (TPSA) is 66.3 Å². The highest BCUT2D eigenvalue weighted by Crippen LogP contribution is 2.24. The van der Waals surface area contributed by atoms with Gasteiger partial charge in [0.05, 0.1) is 29.6 Å². The lowest BCUT2D eigenvalue weighted by Crippen LogP contribution is -2.27. The smallest absolute Gasteiger partial charge is 0.232 e. The third kappa shape index (κ3) is 1.81. The first kappa shape index (κ1) is 11.4. The first-order valence-electron chi connectivity index (χ1n) is 5.55. The predicted octanol–water partition coefficient (Wildman–Crippen LogP) is 1.38. The molecule has 1 saturated heterocycles. The van der Waals surface area contributed by atoms with E-state index < -0.39 is 6.10 Å². The molecule has 6 heteroatoms. The lowest BCUT2D eigenvalue weighted by Gasteiger charge is -2.13. The van der Waals surface area contributed by atoms with E-state index in [-0.39, 0.29) is 18.9 Å². The number of nitrogens with zero attached hydrogens (tertiary/aromatic N) is 3. The zero-order chi connectivity index (χ0) is 12.7. The van der Waals surface area contributed by atoms with Crippen LogP contribution in [0.4, 0.5) is 5.95 Å². The van der Waals surface area contributed by atoms with Crippen LogP contribution in [0.15, 0.2) is 24.4 Å². The maximum Gasteiger partial charge on any atom is 0.232 e. The Bertz CT molecular complexity index is 632. The molecule has 1 aliphatic heterocycles. The van der Waals surface area contributed by atoms with Crippen LogP contribution in [0.3, 0.4) is 0 Å². The van der Waals surface area contributed by atoms with Crippen molar-refractivity contribution >= 4 is 34.4 Å². The summed E-state index contributed by atoms with van der Waals surface area (Å²) in [6.45, 7) is 0.241. The fourth-order valence-corrected chi connectivity index (χ4v) is 2.24. The maximum absolute atomic E-state index is 11.6. The van der Waals surface area contributed by atoms with E-state index in [1.807, 2.05) is 6.07 Å². The Morgan fingerprint density at radius 2 is 2.28 bits per heavy atom. The molecule has 0 bridgehead atoms. The third-order valence-electron chi connectivity index (χ3n) is 2.91. The largest absolute Gasteiger partial charge is 0.391 e. The minimum Gasteiger partial charge on any atom is -0.391 e. The van der Waals surface area contributed by atoms with Gasteiger partial charge in [-0.05, 0) is 12.1 Å². The third-order valence-corrected chi connectivity index (χ3v) is 3.24. The van der Waals surface area contributed by atoms with E-state index in [9.17, 15) is 9.90 Å². The van der Waals surface area contributed by atoms with Crippen LogP contribution in [0.25, 0.3) is 10.9 Å². The van der Waals surface area contributed by atoms with Gasteiger partial charge in [-0.3, -0.25) is 9.69 Å². The van der Waals surface area contributed by atoms with Crippen LogP contribution >= 0.6 is 11.6 Å². The van der Waals surface area contributed by atoms with Crippen LogP contribution < -0.4 is 4.90 Å². The van der Waals surface area contributed by atoms with Crippen molar-refractivity contribution in [2.75, 3.05) is 11.4 Å². The van der Waals surface area contributed by atoms with E-state index in [2.05, 4.69) is 9.97 Å². The van der Waals surface area contributed by atoms with Gasteiger partial charge in [0, 0.05) is 11.6 Å². The number of aliphatic hydroxyl groups is 1. The second kappa shape index (κ2) is 4.19. The van der Waals surface area contributed by atoms with Crippen molar-refractivity contribution in [1.82, 2.24) is 9.97 Å². The van der Waals surface area contributed by atoms with Crippen molar-refractivity contribution in [2.24, 2.45) is 0 Å². The number of amides is 1. The molecule has 1 unspecified atom stereocenters. The molecule has 0 radical (unpaired) electrons. The fourth-order valence-electron chi connectivity index (χ4n) is 2.02. The molecule has 5 nitrogen and oxygen atoms in total. The van der Waals surface area contributed by atoms with Crippen molar-refractivity contribution in [3.8, 4) is 0 Å².